The van der Waals surface area contributed by atoms with Gasteiger partial charge in [-0.1, -0.05) is 20.4 Å². The van der Waals surface area contributed by atoms with E-state index in [1.165, 1.54) is 0 Å². The van der Waals surface area contributed by atoms with Crippen LogP contribution in [0.15, 0.2) is 12.2 Å². The lowest BCUT2D eigenvalue weighted by molar-refractivity contribution is -0.113. The van der Waals surface area contributed by atoms with Gasteiger partial charge in [0.25, 0.3) is 0 Å². The van der Waals surface area contributed by atoms with E-state index in [1.807, 2.05) is 27.8 Å². The van der Waals surface area contributed by atoms with Crippen LogP contribution in [0, 0.1) is 0 Å². The van der Waals surface area contributed by atoms with Gasteiger partial charge in [0.1, 0.15) is 0 Å². The number of nitrogens with one attached hydrogen (secondary N) is 1. The summed E-state index contributed by atoms with van der Waals surface area (Å²) in [5, 5.41) is 3.04. The Bertz CT molecular complexity index is 141. The second kappa shape index (κ2) is 8.47. The fourth-order valence-corrected chi connectivity index (χ4v) is 0.615. The summed E-state index contributed by atoms with van der Waals surface area (Å²) in [6.07, 6.45) is 0.742. The summed E-state index contributed by atoms with van der Waals surface area (Å²) in [7, 11) is 1.87. The SMILES string of the molecule is C=C(CC(C)NC)C(C)=O.CC. The Labute approximate surface area is 76.1 Å². The fourth-order valence-electron chi connectivity index (χ4n) is 0.615. The first-order chi connectivity index (χ1) is 5.57. The van der Waals surface area contributed by atoms with E-state index in [9.17, 15) is 4.79 Å². The molecule has 0 saturated heterocycles. The summed E-state index contributed by atoms with van der Waals surface area (Å²) in [6.45, 7) is 11.2. The minimum absolute atomic E-state index is 0.0853. The van der Waals surface area contributed by atoms with Crippen LogP contribution in [0.25, 0.3) is 0 Å². The average Bonchev–Trinajstić information content (AvgIpc) is 2.07. The molecular formula is C10H21NO. The van der Waals surface area contributed by atoms with Gasteiger partial charge in [0.2, 0.25) is 0 Å². The molecule has 0 aliphatic heterocycles. The van der Waals surface area contributed by atoms with Crippen molar-refractivity contribution in [2.75, 3.05) is 7.05 Å². The monoisotopic (exact) mass is 171 g/mol. The largest absolute Gasteiger partial charge is 0.317 e. The van der Waals surface area contributed by atoms with E-state index in [2.05, 4.69) is 11.9 Å². The maximum Gasteiger partial charge on any atom is 0.155 e. The number of rotatable bonds is 4. The third-order valence-corrected chi connectivity index (χ3v) is 1.54. The highest BCUT2D eigenvalue weighted by Gasteiger charge is 2.04. The van der Waals surface area contributed by atoms with Gasteiger partial charge >= 0.3 is 0 Å². The van der Waals surface area contributed by atoms with Crippen molar-refractivity contribution in [1.82, 2.24) is 5.32 Å². The molecule has 0 heterocycles. The number of carbonyl (C=O) groups is 1. The number of ketones is 1. The van der Waals surface area contributed by atoms with E-state index in [-0.39, 0.29) is 5.78 Å². The standard InChI is InChI=1S/C8H15NO.C2H6/c1-6(8(3)10)5-7(2)9-4;1-2/h7,9H,1,5H2,2-4H3;1-2H3. The van der Waals surface area contributed by atoms with Crippen LogP contribution in [-0.4, -0.2) is 18.9 Å². The molecule has 0 spiro atoms. The van der Waals surface area contributed by atoms with Crippen LogP contribution in [0.1, 0.15) is 34.1 Å². The van der Waals surface area contributed by atoms with Crippen LogP contribution >= 0.6 is 0 Å². The molecule has 0 aliphatic rings. The molecule has 12 heavy (non-hydrogen) atoms. The van der Waals surface area contributed by atoms with Gasteiger partial charge in [0.05, 0.1) is 0 Å². The van der Waals surface area contributed by atoms with Gasteiger partial charge < -0.3 is 5.32 Å². The summed E-state index contributed by atoms with van der Waals surface area (Å²) in [5.74, 6) is 0.0853. The highest BCUT2D eigenvalue weighted by molar-refractivity contribution is 5.92. The van der Waals surface area contributed by atoms with Gasteiger partial charge in [-0.05, 0) is 32.9 Å². The van der Waals surface area contributed by atoms with Gasteiger partial charge in [-0.15, -0.1) is 0 Å². The molecule has 72 valence electrons. The summed E-state index contributed by atoms with van der Waals surface area (Å²) in [6, 6.07) is 0.344. The number of carbonyl (C=O) groups excluding carboxylic acids is 1. The van der Waals surface area contributed by atoms with Gasteiger partial charge in [0, 0.05) is 6.04 Å². The molecule has 0 saturated carbocycles. The Hall–Kier alpha value is -0.630. The third-order valence-electron chi connectivity index (χ3n) is 1.54. The van der Waals surface area contributed by atoms with Gasteiger partial charge in [0.15, 0.2) is 5.78 Å². The van der Waals surface area contributed by atoms with Crippen molar-refractivity contribution in [2.45, 2.75) is 40.2 Å². The predicted molar refractivity (Wildman–Crippen MR) is 54.3 cm³/mol. The van der Waals surface area contributed by atoms with Crippen molar-refractivity contribution in [2.24, 2.45) is 0 Å². The topological polar surface area (TPSA) is 29.1 Å². The summed E-state index contributed by atoms with van der Waals surface area (Å²) in [4.78, 5) is 10.7. The van der Waals surface area contributed by atoms with Crippen LogP contribution in [0.2, 0.25) is 0 Å². The minimum atomic E-state index is 0.0853. The quantitative estimate of drug-likeness (QED) is 0.657. The van der Waals surface area contributed by atoms with Gasteiger partial charge in [-0.2, -0.15) is 0 Å². The highest BCUT2D eigenvalue weighted by atomic mass is 16.1. The minimum Gasteiger partial charge on any atom is -0.317 e. The van der Waals surface area contributed by atoms with E-state index in [0.29, 0.717) is 11.6 Å². The Balaban J connectivity index is 0. The lowest BCUT2D eigenvalue weighted by Crippen LogP contribution is -2.22. The Morgan fingerprint density at radius 2 is 1.92 bits per heavy atom. The van der Waals surface area contributed by atoms with Gasteiger partial charge in [-0.3, -0.25) is 4.79 Å². The van der Waals surface area contributed by atoms with E-state index >= 15 is 0 Å². The summed E-state index contributed by atoms with van der Waals surface area (Å²) >= 11 is 0. The molecule has 2 nitrogen and oxygen atoms in total. The molecule has 0 rings (SSSR count). The first kappa shape index (κ1) is 13.9. The molecule has 0 aliphatic carbocycles. The van der Waals surface area contributed by atoms with E-state index in [4.69, 9.17) is 0 Å². The summed E-state index contributed by atoms with van der Waals surface area (Å²) < 4.78 is 0. The Morgan fingerprint density at radius 3 is 2.17 bits per heavy atom. The molecule has 0 aromatic rings. The maximum absolute atomic E-state index is 10.7. The van der Waals surface area contributed by atoms with Gasteiger partial charge in [-0.25, -0.2) is 0 Å². The number of Topliss-reactive ketones (excluding diaryl/α,β-unsaturated/α-hetero) is 1. The molecule has 0 amide bonds. The van der Waals surface area contributed by atoms with Crippen LogP contribution in [0.5, 0.6) is 0 Å². The molecule has 0 bridgehead atoms. The maximum atomic E-state index is 10.7. The van der Waals surface area contributed by atoms with E-state index in [1.54, 1.807) is 6.92 Å². The van der Waals surface area contributed by atoms with Crippen LogP contribution in [-0.2, 0) is 4.79 Å². The fraction of sp³-hybridized carbons (Fsp3) is 0.700. The number of hydrogen-bond donors (Lipinski definition) is 1. The van der Waals surface area contributed by atoms with Crippen molar-refractivity contribution in [3.8, 4) is 0 Å². The molecule has 1 N–H and O–H groups in total. The molecule has 1 atom stereocenters. The van der Waals surface area contributed by atoms with Crippen molar-refractivity contribution in [3.63, 3.8) is 0 Å². The Kier molecular flexibility index (Phi) is 9.83. The first-order valence-corrected chi connectivity index (χ1v) is 4.44. The van der Waals surface area contributed by atoms with Crippen LogP contribution in [0.3, 0.4) is 0 Å². The molecule has 0 aromatic carbocycles. The summed E-state index contributed by atoms with van der Waals surface area (Å²) in [5.41, 5.74) is 0.696. The van der Waals surface area contributed by atoms with E-state index in [0.717, 1.165) is 6.42 Å². The number of hydrogen-bond acceptors (Lipinski definition) is 2. The zero-order valence-electron chi connectivity index (χ0n) is 8.90. The molecule has 2 heteroatoms. The highest BCUT2D eigenvalue weighted by Crippen LogP contribution is 2.02. The van der Waals surface area contributed by atoms with Crippen molar-refractivity contribution in [1.29, 1.82) is 0 Å². The molecule has 0 fully saturated rings. The lowest BCUT2D eigenvalue weighted by Gasteiger charge is -2.09. The third kappa shape index (κ3) is 7.48. The van der Waals surface area contributed by atoms with Crippen LogP contribution in [0.4, 0.5) is 0 Å². The first-order valence-electron chi connectivity index (χ1n) is 4.44. The van der Waals surface area contributed by atoms with E-state index < -0.39 is 0 Å². The van der Waals surface area contributed by atoms with Crippen LogP contribution < -0.4 is 5.32 Å². The molecule has 0 radical (unpaired) electrons. The Morgan fingerprint density at radius 1 is 1.50 bits per heavy atom. The van der Waals surface area contributed by atoms with Crippen molar-refractivity contribution < 1.29 is 4.79 Å². The smallest absolute Gasteiger partial charge is 0.155 e. The second-order valence-corrected chi connectivity index (χ2v) is 2.55. The van der Waals surface area contributed by atoms with Crippen molar-refractivity contribution in [3.05, 3.63) is 12.2 Å². The zero-order chi connectivity index (χ0) is 10.1. The zero-order valence-corrected chi connectivity index (χ0v) is 8.90. The lowest BCUT2D eigenvalue weighted by atomic mass is 10.1. The van der Waals surface area contributed by atoms with Crippen molar-refractivity contribution >= 4 is 5.78 Å². The second-order valence-electron chi connectivity index (χ2n) is 2.55. The molecule has 1 unspecified atom stereocenters. The molecular weight excluding hydrogens is 150 g/mol. The normalized spacial score (nSPS) is 11.1. The predicted octanol–water partition coefficient (Wildman–Crippen LogP) is 2.16. The molecule has 0 aromatic heterocycles. The average molecular weight is 171 g/mol.